The number of imidazole rings is 1. The van der Waals surface area contributed by atoms with Gasteiger partial charge in [0, 0.05) is 19.0 Å². The van der Waals surface area contributed by atoms with E-state index in [0.29, 0.717) is 19.4 Å². The molecule has 0 aliphatic carbocycles. The third-order valence-electron chi connectivity index (χ3n) is 3.03. The van der Waals surface area contributed by atoms with Crippen LogP contribution in [0.2, 0.25) is 0 Å². The average Bonchev–Trinajstić information content (AvgIpc) is 2.85. The molecule has 0 bridgehead atoms. The number of aromatic nitrogens is 2. The van der Waals surface area contributed by atoms with Crippen LogP contribution in [-0.4, -0.2) is 22.0 Å². The molecule has 0 unspecified atom stereocenters. The number of nitrogens with zero attached hydrogens (tertiary/aromatic N) is 2. The van der Waals surface area contributed by atoms with Crippen molar-refractivity contribution in [3.63, 3.8) is 0 Å². The lowest BCUT2D eigenvalue weighted by molar-refractivity contribution is 0.0902. The molecular formula is C15H19N3O. The first-order chi connectivity index (χ1) is 9.19. The molecule has 0 amide bonds. The molecule has 19 heavy (non-hydrogen) atoms. The van der Waals surface area contributed by atoms with Crippen molar-refractivity contribution in [3.05, 3.63) is 53.6 Å². The Kier molecular flexibility index (Phi) is 4.47. The second-order valence-electron chi connectivity index (χ2n) is 4.69. The van der Waals surface area contributed by atoms with Gasteiger partial charge >= 0.3 is 0 Å². The van der Waals surface area contributed by atoms with Gasteiger partial charge in [-0.15, -0.1) is 0 Å². The molecule has 1 aromatic carbocycles. The summed E-state index contributed by atoms with van der Waals surface area (Å²) in [4.78, 5) is 16.2. The first kappa shape index (κ1) is 13.5. The van der Waals surface area contributed by atoms with Gasteiger partial charge in [-0.3, -0.25) is 9.36 Å². The highest BCUT2D eigenvalue weighted by atomic mass is 16.2. The van der Waals surface area contributed by atoms with E-state index in [1.165, 1.54) is 11.1 Å². The number of hydrogen-bond acceptors (Lipinski definition) is 3. The monoisotopic (exact) mass is 257 g/mol. The molecule has 0 fully saturated rings. The molecule has 0 aliphatic rings. The molecule has 0 saturated carbocycles. The summed E-state index contributed by atoms with van der Waals surface area (Å²) < 4.78 is 1.56. The lowest BCUT2D eigenvalue weighted by atomic mass is 10.1. The van der Waals surface area contributed by atoms with E-state index in [9.17, 15) is 4.79 Å². The van der Waals surface area contributed by atoms with E-state index in [1.54, 1.807) is 17.1 Å². The van der Waals surface area contributed by atoms with Crippen LogP contribution in [0.4, 0.5) is 0 Å². The van der Waals surface area contributed by atoms with Gasteiger partial charge in [0.25, 0.3) is 0 Å². The number of carbonyl (C=O) groups is 1. The molecule has 2 N–H and O–H groups in total. The number of aryl methyl sites for hydroxylation is 2. The quantitative estimate of drug-likeness (QED) is 0.890. The van der Waals surface area contributed by atoms with Crippen LogP contribution in [-0.2, 0) is 12.8 Å². The van der Waals surface area contributed by atoms with Gasteiger partial charge in [-0.05, 0) is 25.5 Å². The van der Waals surface area contributed by atoms with Crippen molar-refractivity contribution in [1.82, 2.24) is 9.55 Å². The first-order valence-corrected chi connectivity index (χ1v) is 6.50. The molecule has 1 heterocycles. The second kappa shape index (κ2) is 6.29. The minimum absolute atomic E-state index is 0.0669. The van der Waals surface area contributed by atoms with Gasteiger partial charge in [0.15, 0.2) is 0 Å². The molecule has 2 rings (SSSR count). The molecule has 0 spiro atoms. The minimum atomic E-state index is 0.0669. The van der Waals surface area contributed by atoms with Crippen LogP contribution < -0.4 is 5.73 Å². The third-order valence-corrected chi connectivity index (χ3v) is 3.03. The van der Waals surface area contributed by atoms with E-state index in [1.807, 2.05) is 12.1 Å². The molecule has 0 aliphatic heterocycles. The normalized spacial score (nSPS) is 10.6. The third kappa shape index (κ3) is 3.76. The van der Waals surface area contributed by atoms with Crippen molar-refractivity contribution in [3.8, 4) is 0 Å². The fraction of sp³-hybridized carbons (Fsp3) is 0.333. The largest absolute Gasteiger partial charge is 0.330 e. The van der Waals surface area contributed by atoms with E-state index in [0.717, 1.165) is 12.1 Å². The molecule has 1 aromatic heterocycles. The molecule has 0 atom stereocenters. The Balaban J connectivity index is 1.93. The van der Waals surface area contributed by atoms with Crippen LogP contribution in [0.3, 0.4) is 0 Å². The maximum atomic E-state index is 12.0. The Hall–Kier alpha value is -1.94. The van der Waals surface area contributed by atoms with E-state index < -0.39 is 0 Å². The number of benzene rings is 1. The molecule has 4 nitrogen and oxygen atoms in total. The van der Waals surface area contributed by atoms with E-state index in [4.69, 9.17) is 5.73 Å². The SMILES string of the molecule is Cc1cccc(CCC(=O)n2cnc(CCN)c2)c1. The average molecular weight is 257 g/mol. The molecule has 100 valence electrons. The summed E-state index contributed by atoms with van der Waals surface area (Å²) in [7, 11) is 0. The van der Waals surface area contributed by atoms with Gasteiger partial charge in [0.1, 0.15) is 6.33 Å². The Labute approximate surface area is 113 Å². The zero-order valence-corrected chi connectivity index (χ0v) is 11.2. The topological polar surface area (TPSA) is 60.9 Å². The van der Waals surface area contributed by atoms with Gasteiger partial charge in [-0.1, -0.05) is 29.8 Å². The lowest BCUT2D eigenvalue weighted by Gasteiger charge is -2.03. The fourth-order valence-electron chi connectivity index (χ4n) is 2.02. The summed E-state index contributed by atoms with van der Waals surface area (Å²) in [6, 6.07) is 8.24. The molecular weight excluding hydrogens is 238 g/mol. The van der Waals surface area contributed by atoms with Crippen molar-refractivity contribution >= 4 is 5.91 Å². The number of nitrogens with two attached hydrogens (primary N) is 1. The predicted molar refractivity (Wildman–Crippen MR) is 75.1 cm³/mol. The lowest BCUT2D eigenvalue weighted by Crippen LogP contribution is -2.09. The first-order valence-electron chi connectivity index (χ1n) is 6.50. The maximum absolute atomic E-state index is 12.0. The zero-order chi connectivity index (χ0) is 13.7. The van der Waals surface area contributed by atoms with Crippen LogP contribution in [0.25, 0.3) is 0 Å². The van der Waals surface area contributed by atoms with Crippen molar-refractivity contribution in [1.29, 1.82) is 0 Å². The summed E-state index contributed by atoms with van der Waals surface area (Å²) in [6.45, 7) is 2.61. The van der Waals surface area contributed by atoms with Crippen molar-refractivity contribution in [2.24, 2.45) is 5.73 Å². The van der Waals surface area contributed by atoms with Crippen molar-refractivity contribution in [2.75, 3.05) is 6.54 Å². The summed E-state index contributed by atoms with van der Waals surface area (Å²) in [6.07, 6.45) is 5.29. The Morgan fingerprint density at radius 3 is 2.95 bits per heavy atom. The van der Waals surface area contributed by atoms with E-state index in [2.05, 4.69) is 24.0 Å². The van der Waals surface area contributed by atoms with Gasteiger partial charge < -0.3 is 5.73 Å². The maximum Gasteiger partial charge on any atom is 0.232 e. The number of rotatable bonds is 5. The van der Waals surface area contributed by atoms with Gasteiger partial charge in [-0.25, -0.2) is 4.98 Å². The Morgan fingerprint density at radius 2 is 2.21 bits per heavy atom. The highest BCUT2D eigenvalue weighted by Gasteiger charge is 2.07. The Bertz CT molecular complexity index is 560. The van der Waals surface area contributed by atoms with Crippen LogP contribution >= 0.6 is 0 Å². The fourth-order valence-corrected chi connectivity index (χ4v) is 2.02. The van der Waals surface area contributed by atoms with Crippen molar-refractivity contribution in [2.45, 2.75) is 26.2 Å². The Morgan fingerprint density at radius 1 is 1.37 bits per heavy atom. The van der Waals surface area contributed by atoms with E-state index >= 15 is 0 Å². The smallest absolute Gasteiger partial charge is 0.232 e. The number of hydrogen-bond donors (Lipinski definition) is 1. The predicted octanol–water partition coefficient (Wildman–Crippen LogP) is 1.97. The second-order valence-corrected chi connectivity index (χ2v) is 4.69. The summed E-state index contributed by atoms with van der Waals surface area (Å²) in [5.41, 5.74) is 8.74. The molecule has 0 saturated heterocycles. The van der Waals surface area contributed by atoms with Gasteiger partial charge in [0.2, 0.25) is 5.91 Å². The van der Waals surface area contributed by atoms with Crippen LogP contribution in [0, 0.1) is 6.92 Å². The molecule has 0 radical (unpaired) electrons. The van der Waals surface area contributed by atoms with E-state index in [-0.39, 0.29) is 5.91 Å². The summed E-state index contributed by atoms with van der Waals surface area (Å²) in [5.74, 6) is 0.0669. The molecule has 2 aromatic rings. The van der Waals surface area contributed by atoms with Crippen LogP contribution in [0.5, 0.6) is 0 Å². The summed E-state index contributed by atoms with van der Waals surface area (Å²) >= 11 is 0. The minimum Gasteiger partial charge on any atom is -0.330 e. The standard InChI is InChI=1S/C15H19N3O/c1-12-3-2-4-13(9-12)5-6-15(19)18-10-14(7-8-16)17-11-18/h2-4,9-11H,5-8,16H2,1H3. The zero-order valence-electron chi connectivity index (χ0n) is 11.2. The molecule has 4 heteroatoms. The highest BCUT2D eigenvalue weighted by molar-refractivity contribution is 5.79. The number of carbonyl (C=O) groups excluding carboxylic acids is 1. The highest BCUT2D eigenvalue weighted by Crippen LogP contribution is 2.08. The van der Waals surface area contributed by atoms with Gasteiger partial charge in [0.05, 0.1) is 5.69 Å². The summed E-state index contributed by atoms with van der Waals surface area (Å²) in [5, 5.41) is 0. The van der Waals surface area contributed by atoms with Crippen LogP contribution in [0.15, 0.2) is 36.8 Å². The van der Waals surface area contributed by atoms with Crippen LogP contribution in [0.1, 0.15) is 28.0 Å². The van der Waals surface area contributed by atoms with Gasteiger partial charge in [-0.2, -0.15) is 0 Å². The van der Waals surface area contributed by atoms with Crippen molar-refractivity contribution < 1.29 is 4.79 Å².